The van der Waals surface area contributed by atoms with Gasteiger partial charge in [-0.1, -0.05) is 25.1 Å². The number of hydrogen-bond acceptors (Lipinski definition) is 2. The summed E-state index contributed by atoms with van der Waals surface area (Å²) in [5.41, 5.74) is 3.19. The number of carboxylic acid groups (broad SMARTS) is 1. The quantitative estimate of drug-likeness (QED) is 0.825. The van der Waals surface area contributed by atoms with Crippen molar-refractivity contribution in [2.24, 2.45) is 0 Å². The van der Waals surface area contributed by atoms with Crippen LogP contribution in [-0.2, 0) is 22.7 Å². The lowest BCUT2D eigenvalue weighted by Crippen LogP contribution is -2.10. The molecular weight excluding hydrogens is 192 g/mol. The highest BCUT2D eigenvalue weighted by atomic mass is 16.5. The molecule has 1 aromatic carbocycles. The van der Waals surface area contributed by atoms with E-state index in [2.05, 4.69) is 0 Å². The second kappa shape index (κ2) is 4.03. The average Bonchev–Trinajstić information content (AvgIpc) is 2.65. The van der Waals surface area contributed by atoms with Crippen molar-refractivity contribution in [2.45, 2.75) is 32.5 Å². The molecule has 0 spiro atoms. The molecule has 1 N–H and O–H groups in total. The van der Waals surface area contributed by atoms with Gasteiger partial charge in [0.25, 0.3) is 0 Å². The Labute approximate surface area is 88.7 Å². The van der Waals surface area contributed by atoms with Crippen LogP contribution in [-0.4, -0.2) is 11.1 Å². The van der Waals surface area contributed by atoms with Crippen molar-refractivity contribution in [3.8, 4) is 0 Å². The molecule has 1 unspecified atom stereocenters. The van der Waals surface area contributed by atoms with Gasteiger partial charge >= 0.3 is 5.97 Å². The van der Waals surface area contributed by atoms with Crippen LogP contribution >= 0.6 is 0 Å². The van der Waals surface area contributed by atoms with Crippen molar-refractivity contribution >= 4 is 5.97 Å². The van der Waals surface area contributed by atoms with Crippen molar-refractivity contribution in [3.05, 3.63) is 34.9 Å². The second-order valence-corrected chi connectivity index (χ2v) is 3.82. The first-order valence-corrected chi connectivity index (χ1v) is 5.14. The van der Waals surface area contributed by atoms with E-state index in [1.807, 2.05) is 25.1 Å². The molecule has 1 aliphatic rings. The summed E-state index contributed by atoms with van der Waals surface area (Å²) < 4.78 is 5.30. The molecule has 1 heterocycles. The number of carboxylic acids is 1. The van der Waals surface area contributed by atoms with E-state index in [9.17, 15) is 4.79 Å². The number of ether oxygens (including phenoxy) is 1. The predicted molar refractivity (Wildman–Crippen MR) is 55.6 cm³/mol. The zero-order valence-electron chi connectivity index (χ0n) is 8.69. The van der Waals surface area contributed by atoms with Crippen LogP contribution in [0.2, 0.25) is 0 Å². The fourth-order valence-electron chi connectivity index (χ4n) is 1.96. The molecule has 0 amide bonds. The summed E-state index contributed by atoms with van der Waals surface area (Å²) in [6, 6.07) is 5.84. The number of rotatable bonds is 3. The Balaban J connectivity index is 2.32. The molecule has 0 saturated heterocycles. The fourth-order valence-corrected chi connectivity index (χ4v) is 1.96. The monoisotopic (exact) mass is 206 g/mol. The van der Waals surface area contributed by atoms with Crippen LogP contribution < -0.4 is 0 Å². The Kier molecular flexibility index (Phi) is 2.73. The number of hydrogen-bond donors (Lipinski definition) is 1. The lowest BCUT2D eigenvalue weighted by Gasteiger charge is -2.11. The minimum absolute atomic E-state index is 0.393. The zero-order valence-corrected chi connectivity index (χ0v) is 8.69. The van der Waals surface area contributed by atoms with Crippen molar-refractivity contribution in [1.82, 2.24) is 0 Å². The first-order chi connectivity index (χ1) is 7.22. The summed E-state index contributed by atoms with van der Waals surface area (Å²) in [6.45, 7) is 3.15. The third-order valence-corrected chi connectivity index (χ3v) is 2.85. The van der Waals surface area contributed by atoms with Gasteiger partial charge in [-0.3, -0.25) is 4.79 Å². The topological polar surface area (TPSA) is 46.5 Å². The Hall–Kier alpha value is -1.35. The molecule has 0 radical (unpaired) electrons. The molecule has 3 nitrogen and oxygen atoms in total. The number of benzene rings is 1. The van der Waals surface area contributed by atoms with Crippen LogP contribution in [0.3, 0.4) is 0 Å². The highest BCUT2D eigenvalue weighted by Crippen LogP contribution is 2.26. The molecule has 1 atom stereocenters. The van der Waals surface area contributed by atoms with Gasteiger partial charge in [-0.15, -0.1) is 0 Å². The molecule has 0 saturated carbocycles. The number of fused-ring (bicyclic) bond motifs is 1. The minimum atomic E-state index is -0.753. The maximum atomic E-state index is 11.0. The Morgan fingerprint density at radius 3 is 2.87 bits per heavy atom. The van der Waals surface area contributed by atoms with E-state index in [4.69, 9.17) is 9.84 Å². The van der Waals surface area contributed by atoms with Gasteiger partial charge in [0.2, 0.25) is 0 Å². The summed E-state index contributed by atoms with van der Waals surface area (Å²) in [5.74, 6) is -1.15. The van der Waals surface area contributed by atoms with Gasteiger partial charge < -0.3 is 9.84 Å². The summed E-state index contributed by atoms with van der Waals surface area (Å²) in [7, 11) is 0. The molecule has 0 aromatic heterocycles. The van der Waals surface area contributed by atoms with E-state index < -0.39 is 11.9 Å². The Morgan fingerprint density at radius 1 is 1.47 bits per heavy atom. The van der Waals surface area contributed by atoms with E-state index in [1.54, 1.807) is 0 Å². The minimum Gasteiger partial charge on any atom is -0.481 e. The Bertz CT molecular complexity index is 384. The Morgan fingerprint density at radius 2 is 2.20 bits per heavy atom. The van der Waals surface area contributed by atoms with E-state index >= 15 is 0 Å². The maximum Gasteiger partial charge on any atom is 0.310 e. The molecule has 0 bridgehead atoms. The SMILES string of the molecule is CCC(C(=O)O)c1ccc2c(c1)COC2. The number of aliphatic carboxylic acids is 1. The molecule has 0 aliphatic carbocycles. The van der Waals surface area contributed by atoms with Crippen LogP contribution in [0.1, 0.15) is 36.0 Å². The van der Waals surface area contributed by atoms with Gasteiger partial charge in [0.1, 0.15) is 0 Å². The summed E-state index contributed by atoms with van der Waals surface area (Å²) in [5, 5.41) is 9.04. The van der Waals surface area contributed by atoms with E-state index in [0.29, 0.717) is 19.6 Å². The largest absolute Gasteiger partial charge is 0.481 e. The molecule has 1 aliphatic heterocycles. The van der Waals surface area contributed by atoms with Gasteiger partial charge in [-0.05, 0) is 23.1 Å². The van der Waals surface area contributed by atoms with E-state index in [0.717, 1.165) is 11.1 Å². The standard InChI is InChI=1S/C12H14O3/c1-2-11(12(13)14)8-3-4-9-6-15-7-10(9)5-8/h3-5,11H,2,6-7H2,1H3,(H,13,14). The molecule has 0 fully saturated rings. The molecule has 2 rings (SSSR count). The molecular formula is C12H14O3. The molecule has 80 valence electrons. The van der Waals surface area contributed by atoms with Gasteiger partial charge in [-0.2, -0.15) is 0 Å². The summed E-state index contributed by atoms with van der Waals surface area (Å²) >= 11 is 0. The van der Waals surface area contributed by atoms with Crippen molar-refractivity contribution in [3.63, 3.8) is 0 Å². The van der Waals surface area contributed by atoms with Gasteiger partial charge in [0.05, 0.1) is 19.1 Å². The highest BCUT2D eigenvalue weighted by Gasteiger charge is 2.20. The second-order valence-electron chi connectivity index (χ2n) is 3.82. The summed E-state index contributed by atoms with van der Waals surface area (Å²) in [4.78, 5) is 11.0. The zero-order chi connectivity index (χ0) is 10.8. The van der Waals surface area contributed by atoms with Crippen LogP contribution in [0.15, 0.2) is 18.2 Å². The third kappa shape index (κ3) is 1.88. The van der Waals surface area contributed by atoms with Crippen LogP contribution in [0.4, 0.5) is 0 Å². The molecule has 3 heteroatoms. The lowest BCUT2D eigenvalue weighted by atomic mass is 9.94. The highest BCUT2D eigenvalue weighted by molar-refractivity contribution is 5.76. The summed E-state index contributed by atoms with van der Waals surface area (Å²) in [6.07, 6.45) is 0.620. The van der Waals surface area contributed by atoms with E-state index in [1.165, 1.54) is 5.56 Å². The normalized spacial score (nSPS) is 16.1. The van der Waals surface area contributed by atoms with Gasteiger partial charge in [-0.25, -0.2) is 0 Å². The van der Waals surface area contributed by atoms with Gasteiger partial charge in [0, 0.05) is 0 Å². The first-order valence-electron chi connectivity index (χ1n) is 5.14. The van der Waals surface area contributed by atoms with E-state index in [-0.39, 0.29) is 0 Å². The van der Waals surface area contributed by atoms with Crippen LogP contribution in [0.5, 0.6) is 0 Å². The lowest BCUT2D eigenvalue weighted by molar-refractivity contribution is -0.138. The van der Waals surface area contributed by atoms with Crippen molar-refractivity contribution in [1.29, 1.82) is 0 Å². The predicted octanol–water partition coefficient (Wildman–Crippen LogP) is 2.29. The van der Waals surface area contributed by atoms with Crippen molar-refractivity contribution in [2.75, 3.05) is 0 Å². The van der Waals surface area contributed by atoms with Gasteiger partial charge in [0.15, 0.2) is 0 Å². The van der Waals surface area contributed by atoms with Crippen LogP contribution in [0.25, 0.3) is 0 Å². The number of carbonyl (C=O) groups is 1. The molecule has 15 heavy (non-hydrogen) atoms. The van der Waals surface area contributed by atoms with Crippen LogP contribution in [0, 0.1) is 0 Å². The maximum absolute atomic E-state index is 11.0. The van der Waals surface area contributed by atoms with Crippen molar-refractivity contribution < 1.29 is 14.6 Å². The average molecular weight is 206 g/mol. The smallest absolute Gasteiger partial charge is 0.310 e. The first kappa shape index (κ1) is 10.2. The molecule has 1 aromatic rings. The third-order valence-electron chi connectivity index (χ3n) is 2.85. The fraction of sp³-hybridized carbons (Fsp3) is 0.417.